The van der Waals surface area contributed by atoms with E-state index in [4.69, 9.17) is 5.11 Å². The van der Waals surface area contributed by atoms with Crippen LogP contribution in [0.5, 0.6) is 0 Å². The molecule has 1 aromatic rings. The molecule has 0 saturated heterocycles. The summed E-state index contributed by atoms with van der Waals surface area (Å²) in [5, 5.41) is 12.2. The van der Waals surface area contributed by atoms with Crippen molar-refractivity contribution in [1.29, 1.82) is 0 Å². The summed E-state index contributed by atoms with van der Waals surface area (Å²) in [6, 6.07) is -0.00566. The first-order valence-electron chi connectivity index (χ1n) is 5.57. The topological polar surface area (TPSA) is 75.1 Å². The highest BCUT2D eigenvalue weighted by Crippen LogP contribution is 2.23. The lowest BCUT2D eigenvalue weighted by Gasteiger charge is -2.12. The predicted octanol–water partition coefficient (Wildman–Crippen LogP) is 1.53. The van der Waals surface area contributed by atoms with E-state index >= 15 is 0 Å². The van der Waals surface area contributed by atoms with Gasteiger partial charge in [0.05, 0.1) is 0 Å². The largest absolute Gasteiger partial charge is 0.480 e. The Labute approximate surface area is 108 Å². The predicted molar refractivity (Wildman–Crippen MR) is 67.6 cm³/mol. The molecule has 1 heterocycles. The van der Waals surface area contributed by atoms with Crippen molar-refractivity contribution in [1.82, 2.24) is 14.7 Å². The maximum atomic E-state index is 11.0. The number of aliphatic carboxylic acids is 1. The molecular formula is C10H15N3O2S2. The number of carboxylic acids is 1. The van der Waals surface area contributed by atoms with Gasteiger partial charge in [-0.15, -0.1) is 0 Å². The number of aromatic nitrogens is 2. The SMILES string of the molecule is Cc1nsc(SCCC(NC2CC2)C(=O)O)n1. The number of nitrogens with zero attached hydrogens (tertiary/aromatic N) is 2. The van der Waals surface area contributed by atoms with E-state index < -0.39 is 12.0 Å². The molecule has 2 N–H and O–H groups in total. The number of carbonyl (C=O) groups is 1. The minimum Gasteiger partial charge on any atom is -0.480 e. The zero-order valence-corrected chi connectivity index (χ0v) is 11.2. The van der Waals surface area contributed by atoms with Gasteiger partial charge in [-0.05, 0) is 37.7 Å². The number of hydrogen-bond donors (Lipinski definition) is 2. The Hall–Kier alpha value is -0.660. The van der Waals surface area contributed by atoms with Crippen molar-refractivity contribution in [2.75, 3.05) is 5.75 Å². The van der Waals surface area contributed by atoms with Gasteiger partial charge in [0.15, 0.2) is 4.34 Å². The molecule has 1 aliphatic rings. The van der Waals surface area contributed by atoms with Crippen LogP contribution in [0.1, 0.15) is 25.1 Å². The molecule has 1 aliphatic carbocycles. The third kappa shape index (κ3) is 4.25. The first-order valence-corrected chi connectivity index (χ1v) is 7.33. The summed E-state index contributed by atoms with van der Waals surface area (Å²) in [6.45, 7) is 1.86. The summed E-state index contributed by atoms with van der Waals surface area (Å²) in [6.07, 6.45) is 2.83. The average Bonchev–Trinajstić information content (AvgIpc) is 3.00. The Kier molecular flexibility index (Phi) is 4.36. The highest BCUT2D eigenvalue weighted by atomic mass is 32.2. The minimum absolute atomic E-state index is 0.421. The Bertz CT molecular complexity index is 393. The molecule has 5 nitrogen and oxygen atoms in total. The molecular weight excluding hydrogens is 258 g/mol. The lowest BCUT2D eigenvalue weighted by molar-refractivity contribution is -0.139. The van der Waals surface area contributed by atoms with Gasteiger partial charge in [0, 0.05) is 11.8 Å². The standard InChI is InChI=1S/C10H15N3O2S2/c1-6-11-10(17-13-6)16-5-4-8(9(14)15)12-7-2-3-7/h7-8,12H,2-5H2,1H3,(H,14,15). The van der Waals surface area contributed by atoms with Gasteiger partial charge in [0.25, 0.3) is 0 Å². The summed E-state index contributed by atoms with van der Waals surface area (Å²) in [4.78, 5) is 15.2. The van der Waals surface area contributed by atoms with Crippen LogP contribution < -0.4 is 5.32 Å². The number of aryl methyl sites for hydroxylation is 1. The second-order valence-electron chi connectivity index (χ2n) is 4.08. The van der Waals surface area contributed by atoms with Gasteiger partial charge in [-0.1, -0.05) is 11.8 Å². The first kappa shape index (κ1) is 12.8. The van der Waals surface area contributed by atoms with Gasteiger partial charge in [0.2, 0.25) is 0 Å². The van der Waals surface area contributed by atoms with Crippen molar-refractivity contribution in [2.45, 2.75) is 42.6 Å². The van der Waals surface area contributed by atoms with E-state index in [-0.39, 0.29) is 0 Å². The lowest BCUT2D eigenvalue weighted by Crippen LogP contribution is -2.38. The van der Waals surface area contributed by atoms with Crippen LogP contribution in [-0.2, 0) is 4.79 Å². The zero-order valence-electron chi connectivity index (χ0n) is 9.55. The van der Waals surface area contributed by atoms with Crippen molar-refractivity contribution in [2.24, 2.45) is 0 Å². The van der Waals surface area contributed by atoms with E-state index in [1.165, 1.54) is 11.5 Å². The Morgan fingerprint density at radius 1 is 1.71 bits per heavy atom. The van der Waals surface area contributed by atoms with Gasteiger partial charge in [0.1, 0.15) is 11.9 Å². The van der Waals surface area contributed by atoms with Crippen molar-refractivity contribution in [3.05, 3.63) is 5.82 Å². The first-order chi connectivity index (χ1) is 8.15. The quantitative estimate of drug-likeness (QED) is 0.734. The summed E-state index contributed by atoms with van der Waals surface area (Å²) in [5.74, 6) is 0.778. The molecule has 7 heteroatoms. The maximum Gasteiger partial charge on any atom is 0.320 e. The molecule has 1 saturated carbocycles. The van der Waals surface area contributed by atoms with Crippen molar-refractivity contribution < 1.29 is 9.90 Å². The maximum absolute atomic E-state index is 11.0. The molecule has 0 amide bonds. The number of thioether (sulfide) groups is 1. The fourth-order valence-electron chi connectivity index (χ4n) is 1.41. The molecule has 1 atom stereocenters. The highest BCUT2D eigenvalue weighted by Gasteiger charge is 2.27. The van der Waals surface area contributed by atoms with Crippen molar-refractivity contribution in [3.63, 3.8) is 0 Å². The van der Waals surface area contributed by atoms with Crippen LogP contribution in [0.4, 0.5) is 0 Å². The smallest absolute Gasteiger partial charge is 0.320 e. The van der Waals surface area contributed by atoms with Crippen LogP contribution in [0.3, 0.4) is 0 Å². The summed E-state index contributed by atoms with van der Waals surface area (Å²) in [7, 11) is 0. The highest BCUT2D eigenvalue weighted by molar-refractivity contribution is 8.00. The Morgan fingerprint density at radius 3 is 3.00 bits per heavy atom. The fourth-order valence-corrected chi connectivity index (χ4v) is 3.13. The van der Waals surface area contributed by atoms with Crippen LogP contribution in [0.2, 0.25) is 0 Å². The van der Waals surface area contributed by atoms with E-state index in [0.29, 0.717) is 12.5 Å². The van der Waals surface area contributed by atoms with Crippen LogP contribution in [0, 0.1) is 6.92 Å². The van der Waals surface area contributed by atoms with Gasteiger partial charge < -0.3 is 10.4 Å². The molecule has 1 unspecified atom stereocenters. The van der Waals surface area contributed by atoms with Gasteiger partial charge >= 0.3 is 5.97 Å². The van der Waals surface area contributed by atoms with Gasteiger partial charge in [-0.3, -0.25) is 4.79 Å². The van der Waals surface area contributed by atoms with Gasteiger partial charge in [-0.2, -0.15) is 4.37 Å². The molecule has 1 aromatic heterocycles. The molecule has 0 radical (unpaired) electrons. The monoisotopic (exact) mass is 273 g/mol. The Morgan fingerprint density at radius 2 is 2.47 bits per heavy atom. The molecule has 0 spiro atoms. The van der Waals surface area contributed by atoms with E-state index in [9.17, 15) is 4.79 Å². The average molecular weight is 273 g/mol. The Balaban J connectivity index is 1.72. The molecule has 94 valence electrons. The number of carboxylic acid groups (broad SMARTS) is 1. The van der Waals surface area contributed by atoms with E-state index in [1.54, 1.807) is 11.8 Å². The lowest BCUT2D eigenvalue weighted by atomic mass is 10.2. The van der Waals surface area contributed by atoms with Gasteiger partial charge in [-0.25, -0.2) is 4.98 Å². The van der Waals surface area contributed by atoms with Crippen LogP contribution in [-0.4, -0.2) is 38.3 Å². The summed E-state index contributed by atoms with van der Waals surface area (Å²) in [5.41, 5.74) is 0. The molecule has 0 aliphatic heterocycles. The zero-order chi connectivity index (χ0) is 12.3. The fraction of sp³-hybridized carbons (Fsp3) is 0.700. The van der Waals surface area contributed by atoms with Crippen LogP contribution in [0.15, 0.2) is 4.34 Å². The molecule has 2 rings (SSSR count). The number of nitrogens with one attached hydrogen (secondary N) is 1. The van der Waals surface area contributed by atoms with Crippen molar-refractivity contribution in [3.8, 4) is 0 Å². The third-order valence-corrected chi connectivity index (χ3v) is 4.41. The molecule has 0 bridgehead atoms. The second kappa shape index (κ2) is 5.79. The van der Waals surface area contributed by atoms with Crippen LogP contribution in [0.25, 0.3) is 0 Å². The molecule has 17 heavy (non-hydrogen) atoms. The third-order valence-electron chi connectivity index (χ3n) is 2.45. The minimum atomic E-state index is -0.758. The normalized spacial score (nSPS) is 17.0. The van der Waals surface area contributed by atoms with E-state index in [2.05, 4.69) is 14.7 Å². The summed E-state index contributed by atoms with van der Waals surface area (Å²) >= 11 is 2.95. The molecule has 1 fully saturated rings. The van der Waals surface area contributed by atoms with Crippen molar-refractivity contribution >= 4 is 29.3 Å². The second-order valence-corrected chi connectivity index (χ2v) is 6.17. The van der Waals surface area contributed by atoms with E-state index in [0.717, 1.165) is 28.8 Å². The van der Waals surface area contributed by atoms with E-state index in [1.807, 2.05) is 6.92 Å². The summed E-state index contributed by atoms with van der Waals surface area (Å²) < 4.78 is 5.00. The van der Waals surface area contributed by atoms with Crippen LogP contribution >= 0.6 is 23.3 Å². The number of hydrogen-bond acceptors (Lipinski definition) is 6. The number of rotatable bonds is 7. The molecule has 0 aromatic carbocycles.